The average Bonchev–Trinajstić information content (AvgIpc) is 4.13. The van der Waals surface area contributed by atoms with Crippen LogP contribution in [0.5, 0.6) is 11.8 Å². The van der Waals surface area contributed by atoms with E-state index in [2.05, 4.69) is 62.8 Å². The molecule has 2 aromatic heterocycles. The Kier molecular flexibility index (Phi) is 12.8. The van der Waals surface area contributed by atoms with Crippen molar-refractivity contribution in [2.75, 3.05) is 63.9 Å². The number of aromatic hydroxyl groups is 1. The van der Waals surface area contributed by atoms with Crippen molar-refractivity contribution >= 4 is 33.9 Å². The van der Waals surface area contributed by atoms with Gasteiger partial charge in [0.15, 0.2) is 5.82 Å². The number of phenolic OH excluding ortho intramolecular Hbond substituents is 1. The fourth-order valence-electron chi connectivity index (χ4n) is 13.0. The van der Waals surface area contributed by atoms with Crippen molar-refractivity contribution in [2.24, 2.45) is 10.8 Å². The molecule has 2 N–H and O–H groups in total. The number of benzene rings is 3. The summed E-state index contributed by atoms with van der Waals surface area (Å²) in [4.78, 5) is 32.9. The highest BCUT2D eigenvalue weighted by molar-refractivity contribution is 6.01. The SMILES string of the molecule is C=C(CCC(C)c1cccc(C2CCN(C3CC4(CCN(CC5(COc6nc(N7CCCC8(CCO8)C7)c7cnc(-c8cc(O)cc9ccc(F)c(CC)c89)c(F)c7n6)CC5)CC4)C3)CC2)c1)NC=O. The molecule has 1 amide bonds. The number of hydrogen-bond donors (Lipinski definition) is 2. The van der Waals surface area contributed by atoms with Crippen LogP contribution in [0.15, 0.2) is 67.0 Å². The number of carbonyl (C=O) groups is 1. The van der Waals surface area contributed by atoms with E-state index in [1.165, 1.54) is 74.9 Å². The summed E-state index contributed by atoms with van der Waals surface area (Å²) in [5.74, 6) is 0.519. The van der Waals surface area contributed by atoms with Crippen LogP contribution in [-0.4, -0.2) is 107 Å². The molecule has 0 radical (unpaired) electrons. The monoisotopic (exact) mass is 954 g/mol. The van der Waals surface area contributed by atoms with Crippen molar-refractivity contribution in [3.05, 3.63) is 95.3 Å². The predicted octanol–water partition coefficient (Wildman–Crippen LogP) is 10.6. The molecular formula is C57H69F2N7O4. The van der Waals surface area contributed by atoms with Gasteiger partial charge in [-0.2, -0.15) is 9.97 Å². The summed E-state index contributed by atoms with van der Waals surface area (Å²) >= 11 is 0. The minimum Gasteiger partial charge on any atom is -0.508 e. The lowest BCUT2D eigenvalue weighted by Gasteiger charge is -2.56. The van der Waals surface area contributed by atoms with Gasteiger partial charge in [0.1, 0.15) is 28.6 Å². The van der Waals surface area contributed by atoms with Gasteiger partial charge in [0.2, 0.25) is 6.41 Å². The first-order chi connectivity index (χ1) is 33.9. The van der Waals surface area contributed by atoms with E-state index in [0.29, 0.717) is 82.4 Å². The molecule has 13 heteroatoms. The summed E-state index contributed by atoms with van der Waals surface area (Å²) in [6.07, 6.45) is 17.0. The van der Waals surface area contributed by atoms with E-state index in [-0.39, 0.29) is 39.8 Å². The van der Waals surface area contributed by atoms with Gasteiger partial charge < -0.3 is 34.6 Å². The molecule has 11 rings (SSSR count). The third-order valence-electron chi connectivity index (χ3n) is 17.6. The number of allylic oxidation sites excluding steroid dienone is 1. The molecule has 6 heterocycles. The molecule has 6 fully saturated rings. The van der Waals surface area contributed by atoms with Crippen LogP contribution >= 0.6 is 0 Å². The second-order valence-electron chi connectivity index (χ2n) is 22.2. The number of likely N-dealkylation sites (tertiary alicyclic amines) is 2. The molecule has 2 saturated carbocycles. The first kappa shape index (κ1) is 47.1. The summed E-state index contributed by atoms with van der Waals surface area (Å²) < 4.78 is 45.2. The summed E-state index contributed by atoms with van der Waals surface area (Å²) in [6.45, 7) is 16.2. The number of ether oxygens (including phenoxy) is 2. The van der Waals surface area contributed by atoms with Gasteiger partial charge >= 0.3 is 6.01 Å². The Morgan fingerprint density at radius 2 is 1.81 bits per heavy atom. The molecule has 370 valence electrons. The van der Waals surface area contributed by atoms with Crippen molar-refractivity contribution < 1.29 is 28.2 Å². The molecule has 6 aliphatic rings. The Bertz CT molecular complexity index is 2770. The van der Waals surface area contributed by atoms with Crippen LogP contribution in [0.1, 0.15) is 126 Å². The first-order valence-electron chi connectivity index (χ1n) is 26.2. The second-order valence-corrected chi connectivity index (χ2v) is 22.2. The highest BCUT2D eigenvalue weighted by Gasteiger charge is 2.51. The number of aromatic nitrogens is 3. The van der Waals surface area contributed by atoms with Crippen LogP contribution < -0.4 is 15.0 Å². The van der Waals surface area contributed by atoms with Gasteiger partial charge in [-0.05, 0) is 173 Å². The maximum absolute atomic E-state index is 17.3. The molecule has 4 aliphatic heterocycles. The van der Waals surface area contributed by atoms with Crippen LogP contribution in [0, 0.1) is 22.5 Å². The normalized spacial score (nSPS) is 23.1. The number of anilines is 1. The van der Waals surface area contributed by atoms with Gasteiger partial charge in [-0.25, -0.2) is 8.78 Å². The minimum absolute atomic E-state index is 0.000402. The number of carbonyl (C=O) groups excluding carboxylic acids is 1. The molecule has 3 aromatic carbocycles. The lowest BCUT2D eigenvalue weighted by atomic mass is 9.59. The predicted molar refractivity (Wildman–Crippen MR) is 270 cm³/mol. The lowest BCUT2D eigenvalue weighted by molar-refractivity contribution is -0.151. The Labute approximate surface area is 411 Å². The maximum Gasteiger partial charge on any atom is 0.319 e. The number of hydrogen-bond acceptors (Lipinski definition) is 10. The largest absolute Gasteiger partial charge is 0.508 e. The van der Waals surface area contributed by atoms with Gasteiger partial charge in [-0.1, -0.05) is 50.8 Å². The zero-order valence-electron chi connectivity index (χ0n) is 41.1. The molecule has 11 nitrogen and oxygen atoms in total. The third-order valence-corrected chi connectivity index (χ3v) is 17.6. The first-order valence-corrected chi connectivity index (χ1v) is 26.2. The van der Waals surface area contributed by atoms with Gasteiger partial charge in [-0.15, -0.1) is 0 Å². The number of fused-ring (bicyclic) bond motifs is 2. The van der Waals surface area contributed by atoms with E-state index >= 15 is 8.78 Å². The van der Waals surface area contributed by atoms with Crippen LogP contribution in [0.3, 0.4) is 0 Å². The van der Waals surface area contributed by atoms with Gasteiger partial charge in [-0.3, -0.25) is 9.78 Å². The Morgan fingerprint density at radius 3 is 2.54 bits per heavy atom. The molecule has 2 spiro atoms. The quantitative estimate of drug-likeness (QED) is 0.0927. The topological polar surface area (TPSA) is 116 Å². The number of phenols is 1. The number of aryl methyl sites for hydroxylation is 1. The molecule has 0 bridgehead atoms. The van der Waals surface area contributed by atoms with Crippen LogP contribution in [0.4, 0.5) is 14.6 Å². The molecule has 2 aliphatic carbocycles. The number of rotatable bonds is 16. The molecule has 70 heavy (non-hydrogen) atoms. The van der Waals surface area contributed by atoms with Gasteiger partial charge in [0.25, 0.3) is 0 Å². The number of nitrogens with zero attached hydrogens (tertiary/aromatic N) is 6. The Hall–Kier alpha value is -5.24. The molecule has 2 unspecified atom stereocenters. The average molecular weight is 954 g/mol. The third kappa shape index (κ3) is 9.26. The summed E-state index contributed by atoms with van der Waals surface area (Å²) in [5, 5.41) is 15.1. The van der Waals surface area contributed by atoms with Crippen molar-refractivity contribution in [1.82, 2.24) is 30.1 Å². The summed E-state index contributed by atoms with van der Waals surface area (Å²) in [6, 6.07) is 16.1. The zero-order chi connectivity index (χ0) is 48.2. The molecule has 4 saturated heterocycles. The number of amides is 1. The van der Waals surface area contributed by atoms with Gasteiger partial charge in [0.05, 0.1) is 24.2 Å². The van der Waals surface area contributed by atoms with E-state index in [1.54, 1.807) is 18.3 Å². The van der Waals surface area contributed by atoms with Crippen LogP contribution in [0.25, 0.3) is 32.9 Å². The van der Waals surface area contributed by atoms with E-state index in [0.717, 1.165) is 83.4 Å². The molecular weight excluding hydrogens is 885 g/mol. The van der Waals surface area contributed by atoms with Crippen molar-refractivity contribution in [1.29, 1.82) is 0 Å². The lowest BCUT2D eigenvalue weighted by Crippen LogP contribution is -2.56. The summed E-state index contributed by atoms with van der Waals surface area (Å²) in [5.41, 5.74) is 4.73. The van der Waals surface area contributed by atoms with Crippen LogP contribution in [0.2, 0.25) is 0 Å². The van der Waals surface area contributed by atoms with E-state index in [4.69, 9.17) is 19.4 Å². The van der Waals surface area contributed by atoms with E-state index < -0.39 is 5.82 Å². The number of pyridine rings is 1. The maximum atomic E-state index is 17.3. The van der Waals surface area contributed by atoms with Crippen molar-refractivity contribution in [3.8, 4) is 23.0 Å². The smallest absolute Gasteiger partial charge is 0.319 e. The standard InChI is InChI=1S/C57H69F2N7O4/c1-4-45-48(58)12-11-42-28-44(68)29-46(49(42)45)51-50(59)52-47(32-60-51)53(66-21-6-15-57(34-66)20-26-70-57)63-54(62-52)69-35-56(16-17-56)33-64-24-18-55(19-25-64)30-43(31-55)65-22-13-39(14-23-65)41-8-5-7-40(27-41)37(2)9-10-38(3)61-36-67/h5,7-8,11-12,27-29,32,36-37,39,43,68H,3-4,6,9-10,13-26,30-31,33-35H2,1-2H3,(H,61,67). The van der Waals surface area contributed by atoms with Crippen LogP contribution in [-0.2, 0) is 16.0 Å². The van der Waals surface area contributed by atoms with E-state index in [9.17, 15) is 9.90 Å². The Morgan fingerprint density at radius 1 is 1.01 bits per heavy atom. The zero-order valence-corrected chi connectivity index (χ0v) is 41.1. The Balaban J connectivity index is 0.729. The fourth-order valence-corrected chi connectivity index (χ4v) is 13.0. The highest BCUT2D eigenvalue weighted by Crippen LogP contribution is 2.54. The number of piperidine rings is 3. The van der Waals surface area contributed by atoms with Crippen molar-refractivity contribution in [2.45, 2.75) is 127 Å². The highest BCUT2D eigenvalue weighted by atomic mass is 19.1. The molecule has 5 aromatic rings. The number of nitrogens with one attached hydrogen (secondary N) is 1. The fraction of sp³-hybridized carbons (Fsp3) is 0.544. The van der Waals surface area contributed by atoms with Crippen molar-refractivity contribution in [3.63, 3.8) is 0 Å². The minimum atomic E-state index is -0.653. The molecule has 2 atom stereocenters. The number of halogens is 2. The second kappa shape index (κ2) is 19.1. The van der Waals surface area contributed by atoms with Gasteiger partial charge in [0, 0.05) is 55.0 Å². The van der Waals surface area contributed by atoms with E-state index in [1.807, 2.05) is 6.92 Å². The summed E-state index contributed by atoms with van der Waals surface area (Å²) in [7, 11) is 0.